The van der Waals surface area contributed by atoms with Gasteiger partial charge in [-0.05, 0) is 36.0 Å². The van der Waals surface area contributed by atoms with Crippen LogP contribution in [0.1, 0.15) is 34.1 Å². The Morgan fingerprint density at radius 1 is 1.44 bits per heavy atom. The van der Waals surface area contributed by atoms with E-state index in [1.807, 2.05) is 0 Å². The van der Waals surface area contributed by atoms with Gasteiger partial charge in [-0.3, -0.25) is 0 Å². The zero-order valence-electron chi connectivity index (χ0n) is 11.1. The molecule has 1 saturated heterocycles. The number of likely N-dealkylation sites (tertiary alicyclic amines) is 1. The van der Waals surface area contributed by atoms with Crippen molar-refractivity contribution in [2.75, 3.05) is 25.4 Å². The Morgan fingerprint density at radius 2 is 2.06 bits per heavy atom. The van der Waals surface area contributed by atoms with Crippen LogP contribution in [-0.4, -0.2) is 41.5 Å². The molecule has 1 aliphatic heterocycles. The Bertz CT molecular complexity index is 214. The number of aliphatic hydroxyl groups is 1. The molecule has 96 valence electrons. The summed E-state index contributed by atoms with van der Waals surface area (Å²) in [6.07, 6.45) is 0.971. The maximum Gasteiger partial charge on any atom is 0.0693 e. The van der Waals surface area contributed by atoms with Gasteiger partial charge in [-0.15, -0.1) is 0 Å². The van der Waals surface area contributed by atoms with Crippen LogP contribution in [0.4, 0.5) is 0 Å². The topological polar surface area (TPSA) is 23.5 Å². The fourth-order valence-electron chi connectivity index (χ4n) is 2.20. The highest BCUT2D eigenvalue weighted by molar-refractivity contribution is 7.80. The lowest BCUT2D eigenvalue weighted by atomic mass is 9.81. The second kappa shape index (κ2) is 5.74. The molecule has 3 heteroatoms. The minimum atomic E-state index is -0.144. The summed E-state index contributed by atoms with van der Waals surface area (Å²) in [4.78, 5) is 2.40. The van der Waals surface area contributed by atoms with Crippen molar-refractivity contribution in [1.82, 2.24) is 4.90 Å². The minimum Gasteiger partial charge on any atom is -0.392 e. The maximum atomic E-state index is 9.88. The van der Waals surface area contributed by atoms with E-state index in [0.717, 1.165) is 31.8 Å². The van der Waals surface area contributed by atoms with Crippen LogP contribution in [0.5, 0.6) is 0 Å². The van der Waals surface area contributed by atoms with E-state index in [1.165, 1.54) is 0 Å². The summed E-state index contributed by atoms with van der Waals surface area (Å²) in [5, 5.41) is 9.88. The van der Waals surface area contributed by atoms with Gasteiger partial charge in [0.25, 0.3) is 0 Å². The molecular weight excluding hydrogens is 218 g/mol. The molecule has 1 heterocycles. The molecule has 3 atom stereocenters. The van der Waals surface area contributed by atoms with Gasteiger partial charge in [-0.1, -0.05) is 27.7 Å². The standard InChI is InChI=1S/C13H27NOS/c1-10-5-6-14(8-12(10)15)7-11(9-16)13(2,3)4/h10-12,15-16H,5-9H2,1-4H3. The molecule has 1 rings (SSSR count). The first kappa shape index (κ1) is 14.3. The first-order valence-electron chi connectivity index (χ1n) is 6.36. The molecule has 2 nitrogen and oxygen atoms in total. The van der Waals surface area contributed by atoms with Gasteiger partial charge in [-0.2, -0.15) is 12.6 Å². The van der Waals surface area contributed by atoms with Gasteiger partial charge in [0.05, 0.1) is 6.10 Å². The molecule has 0 aliphatic carbocycles. The molecule has 1 aliphatic rings. The maximum absolute atomic E-state index is 9.88. The molecule has 0 aromatic carbocycles. The second-order valence-electron chi connectivity index (χ2n) is 6.34. The summed E-state index contributed by atoms with van der Waals surface area (Å²) in [6.45, 7) is 12.0. The third-order valence-corrected chi connectivity index (χ3v) is 4.37. The van der Waals surface area contributed by atoms with Crippen LogP contribution < -0.4 is 0 Å². The number of thiol groups is 1. The molecule has 0 radical (unpaired) electrons. The Labute approximate surface area is 106 Å². The summed E-state index contributed by atoms with van der Waals surface area (Å²) in [5.74, 6) is 1.97. The number of β-amino-alcohol motifs (C(OH)–C–C–N with tert-alkyl or cyclic N) is 1. The molecule has 1 N–H and O–H groups in total. The number of piperidine rings is 1. The van der Waals surface area contributed by atoms with Gasteiger partial charge in [0.1, 0.15) is 0 Å². The van der Waals surface area contributed by atoms with Gasteiger partial charge in [0.15, 0.2) is 0 Å². The van der Waals surface area contributed by atoms with Crippen molar-refractivity contribution in [3.05, 3.63) is 0 Å². The molecule has 0 aromatic rings. The van der Waals surface area contributed by atoms with Crippen molar-refractivity contribution < 1.29 is 5.11 Å². The SMILES string of the molecule is CC1CCN(CC(CS)C(C)(C)C)CC1O. The predicted octanol–water partition coefficient (Wildman–Crippen LogP) is 2.28. The molecule has 0 spiro atoms. The average molecular weight is 245 g/mol. The summed E-state index contributed by atoms with van der Waals surface area (Å²) < 4.78 is 0. The molecule has 0 saturated carbocycles. The Kier molecular flexibility index (Phi) is 5.14. The summed E-state index contributed by atoms with van der Waals surface area (Å²) in [7, 11) is 0. The third kappa shape index (κ3) is 3.94. The lowest BCUT2D eigenvalue weighted by molar-refractivity contribution is 0.0164. The number of rotatable bonds is 3. The monoisotopic (exact) mass is 245 g/mol. The van der Waals surface area contributed by atoms with E-state index in [2.05, 4.69) is 45.2 Å². The molecule has 0 amide bonds. The van der Waals surface area contributed by atoms with E-state index in [-0.39, 0.29) is 6.10 Å². The largest absolute Gasteiger partial charge is 0.392 e. The molecule has 0 bridgehead atoms. The van der Waals surface area contributed by atoms with Crippen LogP contribution in [0.2, 0.25) is 0 Å². The van der Waals surface area contributed by atoms with Crippen molar-refractivity contribution >= 4 is 12.6 Å². The lowest BCUT2D eigenvalue weighted by Crippen LogP contribution is -2.46. The first-order chi connectivity index (χ1) is 7.34. The van der Waals surface area contributed by atoms with Crippen LogP contribution in [0.3, 0.4) is 0 Å². The Morgan fingerprint density at radius 3 is 2.50 bits per heavy atom. The van der Waals surface area contributed by atoms with Gasteiger partial charge in [0, 0.05) is 13.1 Å². The minimum absolute atomic E-state index is 0.144. The summed E-state index contributed by atoms with van der Waals surface area (Å²) in [6, 6.07) is 0. The predicted molar refractivity (Wildman–Crippen MR) is 73.0 cm³/mol. The smallest absolute Gasteiger partial charge is 0.0693 e. The molecular formula is C13H27NOS. The third-order valence-electron chi connectivity index (χ3n) is 3.93. The van der Waals surface area contributed by atoms with Crippen molar-refractivity contribution in [2.45, 2.75) is 40.2 Å². The van der Waals surface area contributed by atoms with Crippen LogP contribution in [-0.2, 0) is 0 Å². The second-order valence-corrected chi connectivity index (χ2v) is 6.70. The highest BCUT2D eigenvalue weighted by atomic mass is 32.1. The van der Waals surface area contributed by atoms with Gasteiger partial charge in [0.2, 0.25) is 0 Å². The van der Waals surface area contributed by atoms with Gasteiger partial charge in [-0.25, -0.2) is 0 Å². The zero-order chi connectivity index (χ0) is 12.3. The number of hydrogen-bond acceptors (Lipinski definition) is 3. The highest BCUT2D eigenvalue weighted by Crippen LogP contribution is 2.29. The van der Waals surface area contributed by atoms with Crippen molar-refractivity contribution in [2.24, 2.45) is 17.3 Å². The van der Waals surface area contributed by atoms with Crippen LogP contribution in [0.15, 0.2) is 0 Å². The normalized spacial score (nSPS) is 30.4. The molecule has 0 aromatic heterocycles. The lowest BCUT2D eigenvalue weighted by Gasteiger charge is -2.39. The van der Waals surface area contributed by atoms with E-state index in [1.54, 1.807) is 0 Å². The summed E-state index contributed by atoms with van der Waals surface area (Å²) >= 11 is 4.46. The molecule has 1 fully saturated rings. The van der Waals surface area contributed by atoms with E-state index < -0.39 is 0 Å². The van der Waals surface area contributed by atoms with E-state index >= 15 is 0 Å². The van der Waals surface area contributed by atoms with Crippen LogP contribution >= 0.6 is 12.6 Å². The van der Waals surface area contributed by atoms with Crippen molar-refractivity contribution in [3.8, 4) is 0 Å². The summed E-state index contributed by atoms with van der Waals surface area (Å²) in [5.41, 5.74) is 0.301. The average Bonchev–Trinajstić information content (AvgIpc) is 2.18. The number of nitrogens with zero attached hydrogens (tertiary/aromatic N) is 1. The fraction of sp³-hybridized carbons (Fsp3) is 1.00. The Balaban J connectivity index is 2.47. The van der Waals surface area contributed by atoms with Crippen molar-refractivity contribution in [3.63, 3.8) is 0 Å². The number of aliphatic hydroxyl groups excluding tert-OH is 1. The van der Waals surface area contributed by atoms with E-state index in [9.17, 15) is 5.11 Å². The fourth-order valence-corrected chi connectivity index (χ4v) is 2.86. The van der Waals surface area contributed by atoms with Gasteiger partial charge < -0.3 is 10.0 Å². The molecule has 3 unspecified atom stereocenters. The zero-order valence-corrected chi connectivity index (χ0v) is 12.0. The Hall–Kier alpha value is 0.270. The van der Waals surface area contributed by atoms with Gasteiger partial charge >= 0.3 is 0 Å². The number of hydrogen-bond donors (Lipinski definition) is 2. The van der Waals surface area contributed by atoms with Crippen LogP contribution in [0.25, 0.3) is 0 Å². The first-order valence-corrected chi connectivity index (χ1v) is 6.99. The molecule has 16 heavy (non-hydrogen) atoms. The van der Waals surface area contributed by atoms with Crippen molar-refractivity contribution in [1.29, 1.82) is 0 Å². The van der Waals surface area contributed by atoms with E-state index in [4.69, 9.17) is 0 Å². The quantitative estimate of drug-likeness (QED) is 0.745. The highest BCUT2D eigenvalue weighted by Gasteiger charge is 2.29. The van der Waals surface area contributed by atoms with Crippen LogP contribution in [0, 0.1) is 17.3 Å². The van der Waals surface area contributed by atoms with E-state index in [0.29, 0.717) is 17.3 Å².